The first-order valence-corrected chi connectivity index (χ1v) is 21.4. The largest absolute Gasteiger partial charge is 0.481 e. The molecule has 22 heteroatoms. The molecule has 0 aliphatic heterocycles. The van der Waals surface area contributed by atoms with Crippen molar-refractivity contribution >= 4 is 64.2 Å². The molecule has 0 spiro atoms. The lowest BCUT2D eigenvalue weighted by Gasteiger charge is -2.28. The van der Waals surface area contributed by atoms with Crippen LogP contribution in [0.2, 0.25) is 0 Å². The maximum atomic E-state index is 14.1. The van der Waals surface area contributed by atoms with Crippen LogP contribution in [-0.4, -0.2) is 121 Å². The molecule has 3 rings (SSSR count). The molecule has 0 fully saturated rings. The van der Waals surface area contributed by atoms with Gasteiger partial charge < -0.3 is 63.5 Å². The summed E-state index contributed by atoms with van der Waals surface area (Å²) < 4.78 is 0. The number of fused-ring (bicyclic) bond motifs is 1. The van der Waals surface area contributed by atoms with Crippen molar-refractivity contribution in [1.29, 1.82) is 0 Å². The monoisotopic (exact) mass is 909 g/mol. The first kappa shape index (κ1) is 52.5. The van der Waals surface area contributed by atoms with Crippen LogP contribution >= 0.6 is 0 Å². The predicted octanol–water partition coefficient (Wildman–Crippen LogP) is -0.515. The number of aliphatic carboxylic acids is 2. The second kappa shape index (κ2) is 24.9. The fourth-order valence-corrected chi connectivity index (χ4v) is 6.82. The second-order valence-electron chi connectivity index (χ2n) is 17.2. The molecule has 7 unspecified atom stereocenters. The van der Waals surface area contributed by atoms with Gasteiger partial charge in [-0.1, -0.05) is 59.7 Å². The zero-order chi connectivity index (χ0) is 48.5. The van der Waals surface area contributed by atoms with Crippen LogP contribution in [0, 0.1) is 17.8 Å². The van der Waals surface area contributed by atoms with E-state index in [0.717, 1.165) is 0 Å². The van der Waals surface area contributed by atoms with Crippen molar-refractivity contribution in [3.63, 3.8) is 0 Å². The van der Waals surface area contributed by atoms with Crippen LogP contribution in [0.25, 0.3) is 10.9 Å². The summed E-state index contributed by atoms with van der Waals surface area (Å²) in [7, 11) is 0. The molecule has 2 heterocycles. The summed E-state index contributed by atoms with van der Waals surface area (Å²) in [6, 6.07) is -2.74. The number of carbonyl (C=O) groups excluding carboxylic acids is 7. The van der Waals surface area contributed by atoms with Crippen LogP contribution in [0.3, 0.4) is 0 Å². The normalized spacial score (nSPS) is 14.6. The number of nitrogens with one attached hydrogen (secondary N) is 8. The summed E-state index contributed by atoms with van der Waals surface area (Å²) in [5, 5.41) is 35.4. The number of imidazole rings is 1. The van der Waals surface area contributed by atoms with Crippen molar-refractivity contribution in [2.24, 2.45) is 29.2 Å². The minimum Gasteiger partial charge on any atom is -0.481 e. The van der Waals surface area contributed by atoms with Crippen molar-refractivity contribution in [2.45, 2.75) is 129 Å². The van der Waals surface area contributed by atoms with E-state index in [1.165, 1.54) is 12.5 Å². The Morgan fingerprint density at radius 1 is 0.646 bits per heavy atom. The quantitative estimate of drug-likeness (QED) is 0.0459. The summed E-state index contributed by atoms with van der Waals surface area (Å²) in [4.78, 5) is 129. The number of H-pyrrole nitrogens is 2. The molecule has 356 valence electrons. The molecule has 22 nitrogen and oxygen atoms in total. The Bertz CT molecular complexity index is 2140. The number of carbonyl (C=O) groups is 9. The van der Waals surface area contributed by atoms with Crippen molar-refractivity contribution in [3.8, 4) is 0 Å². The molecule has 7 amide bonds. The van der Waals surface area contributed by atoms with Crippen molar-refractivity contribution in [1.82, 2.24) is 46.9 Å². The molecule has 1 aromatic carbocycles. The highest BCUT2D eigenvalue weighted by Crippen LogP contribution is 2.20. The minimum absolute atomic E-state index is 0.0550. The van der Waals surface area contributed by atoms with Gasteiger partial charge in [-0.15, -0.1) is 0 Å². The lowest BCUT2D eigenvalue weighted by molar-refractivity contribution is -0.143. The minimum atomic E-state index is -1.88. The summed E-state index contributed by atoms with van der Waals surface area (Å²) in [5.74, 6) is -9.65. The average molecular weight is 910 g/mol. The Morgan fingerprint density at radius 2 is 1.15 bits per heavy atom. The first-order chi connectivity index (χ1) is 30.6. The maximum Gasteiger partial charge on any atom is 0.326 e. The van der Waals surface area contributed by atoms with Gasteiger partial charge in [0.1, 0.15) is 36.3 Å². The van der Waals surface area contributed by atoms with E-state index in [1.54, 1.807) is 58.2 Å². The molecule has 14 N–H and O–H groups in total. The van der Waals surface area contributed by atoms with Gasteiger partial charge in [0, 0.05) is 48.3 Å². The Labute approximate surface area is 376 Å². The van der Waals surface area contributed by atoms with Gasteiger partial charge >= 0.3 is 11.9 Å². The highest BCUT2D eigenvalue weighted by molar-refractivity contribution is 5.98. The fourth-order valence-electron chi connectivity index (χ4n) is 6.82. The number of nitrogens with zero attached hydrogens (tertiary/aromatic N) is 1. The van der Waals surface area contributed by atoms with E-state index in [1.807, 2.05) is 13.8 Å². The molecule has 0 bridgehead atoms. The van der Waals surface area contributed by atoms with E-state index < -0.39 is 115 Å². The summed E-state index contributed by atoms with van der Waals surface area (Å²) in [6.45, 7) is 10.6. The van der Waals surface area contributed by atoms with E-state index in [2.05, 4.69) is 46.9 Å². The molecule has 0 radical (unpaired) electrons. The third-order valence-electron chi connectivity index (χ3n) is 10.4. The standard InChI is InChI=1S/C43H63N11O11/c1-21(2)13-29(53-42(63)36(45)23(5)6)38(59)51-31(16-25-19-46-20-48-25)40(61)49-28(11-12-34(44)55)37(58)52-32(17-35(56)57)41(62)50-30(39(60)54-33(43(64)65)14-22(3)4)15-24-18-47-27-10-8-7-9-26(24)27/h7-10,18-23,28-33,36,47H,11-17,45H2,1-6H3,(H2,44,55)(H,46,48)(H,49,61)(H,50,62)(H,51,59)(H,52,58)(H,53,63)(H,54,60)(H,56,57)(H,64,65). The molecule has 0 aliphatic carbocycles. The lowest BCUT2D eigenvalue weighted by atomic mass is 10.00. The van der Waals surface area contributed by atoms with Crippen LogP contribution in [0.15, 0.2) is 43.0 Å². The fraction of sp³-hybridized carbons (Fsp3) is 0.535. The number of carboxylic acids is 2. The topological polar surface area (TPSA) is 363 Å². The van der Waals surface area contributed by atoms with E-state index in [9.17, 15) is 53.4 Å². The summed E-state index contributed by atoms with van der Waals surface area (Å²) in [6.07, 6.45) is 2.27. The van der Waals surface area contributed by atoms with Crippen LogP contribution in [0.1, 0.15) is 84.9 Å². The number of rotatable bonds is 27. The highest BCUT2D eigenvalue weighted by atomic mass is 16.4. The highest BCUT2D eigenvalue weighted by Gasteiger charge is 2.35. The Kier molecular flexibility index (Phi) is 20.1. The number of para-hydroxylation sites is 1. The van der Waals surface area contributed by atoms with E-state index in [-0.39, 0.29) is 43.4 Å². The van der Waals surface area contributed by atoms with Crippen LogP contribution in [0.4, 0.5) is 0 Å². The number of hydrogen-bond donors (Lipinski definition) is 12. The van der Waals surface area contributed by atoms with Gasteiger partial charge in [-0.05, 0) is 48.6 Å². The van der Waals surface area contributed by atoms with Crippen molar-refractivity contribution < 1.29 is 53.4 Å². The lowest BCUT2D eigenvalue weighted by Crippen LogP contribution is -2.60. The van der Waals surface area contributed by atoms with E-state index >= 15 is 0 Å². The molecular formula is C43H63N11O11. The van der Waals surface area contributed by atoms with Crippen LogP contribution < -0.4 is 43.4 Å². The zero-order valence-electron chi connectivity index (χ0n) is 37.4. The number of amides is 7. The third kappa shape index (κ3) is 17.0. The molecule has 3 aromatic rings. The van der Waals surface area contributed by atoms with Gasteiger partial charge in [0.25, 0.3) is 0 Å². The van der Waals surface area contributed by atoms with Crippen molar-refractivity contribution in [2.75, 3.05) is 0 Å². The van der Waals surface area contributed by atoms with Gasteiger partial charge in [0.2, 0.25) is 41.4 Å². The first-order valence-electron chi connectivity index (χ1n) is 21.4. The van der Waals surface area contributed by atoms with Crippen LogP contribution in [0.5, 0.6) is 0 Å². The Balaban J connectivity index is 1.93. The molecule has 0 aliphatic rings. The predicted molar refractivity (Wildman–Crippen MR) is 236 cm³/mol. The maximum absolute atomic E-state index is 14.1. The molecule has 2 aromatic heterocycles. The van der Waals surface area contributed by atoms with E-state index in [4.69, 9.17) is 11.5 Å². The van der Waals surface area contributed by atoms with E-state index in [0.29, 0.717) is 22.2 Å². The molecule has 0 saturated heterocycles. The number of hydrogen-bond acceptors (Lipinski definition) is 11. The van der Waals surface area contributed by atoms with Gasteiger partial charge in [-0.25, -0.2) is 9.78 Å². The number of primary amides is 1. The second-order valence-corrected chi connectivity index (χ2v) is 17.2. The molecule has 0 saturated carbocycles. The number of nitrogens with two attached hydrogens (primary N) is 2. The average Bonchev–Trinajstić information content (AvgIpc) is 3.90. The van der Waals surface area contributed by atoms with Gasteiger partial charge in [-0.3, -0.25) is 38.4 Å². The number of benzene rings is 1. The molecular weight excluding hydrogens is 847 g/mol. The number of carboxylic acid groups (broad SMARTS) is 2. The van der Waals surface area contributed by atoms with Crippen molar-refractivity contribution in [3.05, 3.63) is 54.2 Å². The molecule has 65 heavy (non-hydrogen) atoms. The van der Waals surface area contributed by atoms with Gasteiger partial charge in [0.05, 0.1) is 18.8 Å². The smallest absolute Gasteiger partial charge is 0.326 e. The number of aromatic nitrogens is 3. The van der Waals surface area contributed by atoms with Crippen LogP contribution in [-0.2, 0) is 56.0 Å². The van der Waals surface area contributed by atoms with Gasteiger partial charge in [-0.2, -0.15) is 0 Å². The third-order valence-corrected chi connectivity index (χ3v) is 10.4. The SMILES string of the molecule is CC(C)CC(NC(=O)C(Cc1c[nH]c2ccccc12)NC(=O)C(CC(=O)O)NC(=O)C(CCC(N)=O)NC(=O)C(Cc1cnc[nH]1)NC(=O)C(CC(C)C)NC(=O)C(N)C(C)C)C(=O)O. The Morgan fingerprint density at radius 3 is 1.71 bits per heavy atom. The number of aromatic amines is 2. The summed E-state index contributed by atoms with van der Waals surface area (Å²) in [5.41, 5.74) is 13.1. The Hall–Kier alpha value is -6.84. The summed E-state index contributed by atoms with van der Waals surface area (Å²) >= 11 is 0. The zero-order valence-corrected chi connectivity index (χ0v) is 37.4. The molecule has 7 atom stereocenters. The van der Waals surface area contributed by atoms with Gasteiger partial charge in [0.15, 0.2) is 0 Å².